The van der Waals surface area contributed by atoms with E-state index in [2.05, 4.69) is 21.0 Å². The number of benzene rings is 3. The molecule has 0 fully saturated rings. The SMILES string of the molecule is [C-]#[N+]c1ccc(N[C@@H](C(=O)NNC(=O)c2ccccc2)[C@@H](C)O)c2ccccc12. The standard InChI is InChI=1S/C22H20N4O3/c1-14(27)20(22(29)26-25-21(28)15-8-4-3-5-9-15)24-19-13-12-18(23-2)16-10-6-7-11-17(16)19/h3-14,20,24,27H,1H3,(H,25,28)(H,26,29)/t14-,20-/m1/s1. The van der Waals surface area contributed by atoms with Crippen molar-refractivity contribution in [2.75, 3.05) is 5.32 Å². The Labute approximate surface area is 168 Å². The minimum Gasteiger partial charge on any atom is -0.391 e. The number of rotatable bonds is 5. The number of carbonyl (C=O) groups excluding carboxylic acids is 2. The van der Waals surface area contributed by atoms with E-state index in [1.54, 1.807) is 42.5 Å². The monoisotopic (exact) mass is 388 g/mol. The Morgan fingerprint density at radius 1 is 0.931 bits per heavy atom. The van der Waals surface area contributed by atoms with Crippen LogP contribution in [0.3, 0.4) is 0 Å². The summed E-state index contributed by atoms with van der Waals surface area (Å²) in [6.07, 6.45) is -1.04. The number of nitrogens with one attached hydrogen (secondary N) is 3. The molecule has 4 N–H and O–H groups in total. The molecule has 3 aromatic carbocycles. The van der Waals surface area contributed by atoms with Gasteiger partial charge in [0.1, 0.15) is 6.04 Å². The fourth-order valence-corrected chi connectivity index (χ4v) is 2.94. The van der Waals surface area contributed by atoms with E-state index in [4.69, 9.17) is 6.57 Å². The van der Waals surface area contributed by atoms with Gasteiger partial charge in [-0.25, -0.2) is 4.85 Å². The van der Waals surface area contributed by atoms with Crippen molar-refractivity contribution in [3.8, 4) is 0 Å². The summed E-state index contributed by atoms with van der Waals surface area (Å²) in [4.78, 5) is 28.2. The van der Waals surface area contributed by atoms with Crippen molar-refractivity contribution in [2.45, 2.75) is 19.1 Å². The van der Waals surface area contributed by atoms with Gasteiger partial charge in [0.05, 0.1) is 12.7 Å². The van der Waals surface area contributed by atoms with Gasteiger partial charge >= 0.3 is 0 Å². The van der Waals surface area contributed by atoms with Crippen LogP contribution >= 0.6 is 0 Å². The van der Waals surface area contributed by atoms with Gasteiger partial charge in [-0.3, -0.25) is 20.4 Å². The second kappa shape index (κ2) is 8.87. The maximum absolute atomic E-state index is 12.6. The lowest BCUT2D eigenvalue weighted by Crippen LogP contribution is -2.52. The van der Waals surface area contributed by atoms with E-state index >= 15 is 0 Å². The van der Waals surface area contributed by atoms with Crippen LogP contribution in [-0.4, -0.2) is 29.1 Å². The van der Waals surface area contributed by atoms with Crippen LogP contribution in [0, 0.1) is 6.57 Å². The summed E-state index contributed by atoms with van der Waals surface area (Å²) in [6, 6.07) is 18.1. The van der Waals surface area contributed by atoms with Crippen molar-refractivity contribution in [1.82, 2.24) is 10.9 Å². The highest BCUT2D eigenvalue weighted by molar-refractivity contribution is 6.03. The summed E-state index contributed by atoms with van der Waals surface area (Å²) in [6.45, 7) is 8.78. The molecular weight excluding hydrogens is 368 g/mol. The predicted molar refractivity (Wildman–Crippen MR) is 111 cm³/mol. The molecule has 3 rings (SSSR count). The van der Waals surface area contributed by atoms with Crippen LogP contribution in [-0.2, 0) is 4.79 Å². The van der Waals surface area contributed by atoms with Crippen LogP contribution in [0.25, 0.3) is 15.6 Å². The van der Waals surface area contributed by atoms with Crippen molar-refractivity contribution < 1.29 is 14.7 Å². The molecule has 0 aliphatic carbocycles. The Balaban J connectivity index is 1.77. The van der Waals surface area contributed by atoms with Crippen molar-refractivity contribution >= 4 is 34.0 Å². The van der Waals surface area contributed by atoms with Crippen LogP contribution < -0.4 is 16.2 Å². The van der Waals surface area contributed by atoms with Crippen LogP contribution in [0.15, 0.2) is 66.7 Å². The first-order valence-electron chi connectivity index (χ1n) is 9.00. The molecule has 0 aliphatic heterocycles. The lowest BCUT2D eigenvalue weighted by atomic mass is 10.1. The summed E-state index contributed by atoms with van der Waals surface area (Å²) >= 11 is 0. The highest BCUT2D eigenvalue weighted by Gasteiger charge is 2.25. The number of hydrogen-bond acceptors (Lipinski definition) is 4. The molecule has 3 aromatic rings. The number of fused-ring (bicyclic) bond motifs is 1. The van der Waals surface area contributed by atoms with Gasteiger partial charge in [-0.15, -0.1) is 0 Å². The number of anilines is 1. The number of hydrazine groups is 1. The molecule has 0 spiro atoms. The van der Waals surface area contributed by atoms with E-state index in [1.807, 2.05) is 24.3 Å². The van der Waals surface area contributed by atoms with Gasteiger partial charge in [0, 0.05) is 11.3 Å². The fraction of sp³-hybridized carbons (Fsp3) is 0.136. The average molecular weight is 388 g/mol. The average Bonchev–Trinajstić information content (AvgIpc) is 2.75. The molecular formula is C22H20N4O3. The molecule has 7 heteroatoms. The normalized spacial score (nSPS) is 12.4. The largest absolute Gasteiger partial charge is 0.391 e. The van der Waals surface area contributed by atoms with Gasteiger partial charge in [0.15, 0.2) is 5.69 Å². The highest BCUT2D eigenvalue weighted by Crippen LogP contribution is 2.32. The quantitative estimate of drug-likeness (QED) is 0.399. The third-order valence-corrected chi connectivity index (χ3v) is 4.43. The van der Waals surface area contributed by atoms with Gasteiger partial charge in [-0.2, -0.15) is 0 Å². The summed E-state index contributed by atoms with van der Waals surface area (Å²) < 4.78 is 0. The number of carbonyl (C=O) groups is 2. The minimum absolute atomic E-state index is 0.398. The molecule has 29 heavy (non-hydrogen) atoms. The zero-order chi connectivity index (χ0) is 20.8. The van der Waals surface area contributed by atoms with Gasteiger partial charge in [-0.05, 0) is 35.9 Å². The van der Waals surface area contributed by atoms with Gasteiger partial charge in [-0.1, -0.05) is 48.5 Å². The fourth-order valence-electron chi connectivity index (χ4n) is 2.94. The van der Waals surface area contributed by atoms with Crippen LogP contribution in [0.4, 0.5) is 11.4 Å². The Kier molecular flexibility index (Phi) is 6.07. The predicted octanol–water partition coefficient (Wildman–Crippen LogP) is 3.01. The van der Waals surface area contributed by atoms with E-state index in [9.17, 15) is 14.7 Å². The molecule has 0 unspecified atom stereocenters. The van der Waals surface area contributed by atoms with E-state index < -0.39 is 24.0 Å². The van der Waals surface area contributed by atoms with E-state index in [0.29, 0.717) is 16.9 Å². The molecule has 0 saturated heterocycles. The molecule has 0 heterocycles. The number of nitrogens with zero attached hydrogens (tertiary/aromatic N) is 1. The van der Waals surface area contributed by atoms with E-state index in [1.165, 1.54) is 6.92 Å². The van der Waals surface area contributed by atoms with Crippen LogP contribution in [0.1, 0.15) is 17.3 Å². The topological polar surface area (TPSA) is 94.8 Å². The first kappa shape index (κ1) is 19.9. The number of aliphatic hydroxyl groups excluding tert-OH is 1. The van der Waals surface area contributed by atoms with Crippen molar-refractivity contribution in [1.29, 1.82) is 0 Å². The molecule has 2 amide bonds. The molecule has 146 valence electrons. The van der Waals surface area contributed by atoms with Crippen LogP contribution in [0.5, 0.6) is 0 Å². The molecule has 0 bridgehead atoms. The van der Waals surface area contributed by atoms with Crippen molar-refractivity contribution in [2.24, 2.45) is 0 Å². The zero-order valence-corrected chi connectivity index (χ0v) is 15.7. The summed E-state index contributed by atoms with van der Waals surface area (Å²) in [5.41, 5.74) is 6.19. The number of amides is 2. The molecule has 0 radical (unpaired) electrons. The Hall–Kier alpha value is -3.89. The lowest BCUT2D eigenvalue weighted by molar-refractivity contribution is -0.124. The Bertz CT molecular complexity index is 1070. The first-order chi connectivity index (χ1) is 14.0. The maximum Gasteiger partial charge on any atom is 0.269 e. The molecule has 7 nitrogen and oxygen atoms in total. The number of hydrogen-bond donors (Lipinski definition) is 4. The Morgan fingerprint density at radius 2 is 1.59 bits per heavy atom. The maximum atomic E-state index is 12.6. The lowest BCUT2D eigenvalue weighted by Gasteiger charge is -2.23. The molecule has 2 atom stereocenters. The second-order valence-corrected chi connectivity index (χ2v) is 6.46. The minimum atomic E-state index is -1.04. The second-order valence-electron chi connectivity index (χ2n) is 6.46. The van der Waals surface area contributed by atoms with Crippen LogP contribution in [0.2, 0.25) is 0 Å². The highest BCUT2D eigenvalue weighted by atomic mass is 16.3. The first-order valence-corrected chi connectivity index (χ1v) is 9.00. The van der Waals surface area contributed by atoms with Crippen molar-refractivity contribution in [3.63, 3.8) is 0 Å². The summed E-state index contributed by atoms with van der Waals surface area (Å²) in [7, 11) is 0. The molecule has 0 aromatic heterocycles. The smallest absolute Gasteiger partial charge is 0.269 e. The molecule has 0 saturated carbocycles. The number of aliphatic hydroxyl groups is 1. The third-order valence-electron chi connectivity index (χ3n) is 4.43. The summed E-state index contributed by atoms with van der Waals surface area (Å²) in [5, 5.41) is 14.6. The zero-order valence-electron chi connectivity index (χ0n) is 15.7. The van der Waals surface area contributed by atoms with Crippen molar-refractivity contribution in [3.05, 3.63) is 83.7 Å². The van der Waals surface area contributed by atoms with E-state index in [0.717, 1.165) is 10.8 Å². The van der Waals surface area contributed by atoms with Gasteiger partial charge < -0.3 is 10.4 Å². The molecule has 0 aliphatic rings. The van der Waals surface area contributed by atoms with Gasteiger partial charge in [0.2, 0.25) is 0 Å². The third kappa shape index (κ3) is 4.51. The van der Waals surface area contributed by atoms with Gasteiger partial charge in [0.25, 0.3) is 11.8 Å². The summed E-state index contributed by atoms with van der Waals surface area (Å²) in [5.74, 6) is -1.06. The Morgan fingerprint density at radius 3 is 2.24 bits per heavy atom. The van der Waals surface area contributed by atoms with E-state index in [-0.39, 0.29) is 0 Å².